The number of carbonyl (C=O) groups excluding carboxylic acids is 2. The van der Waals surface area contributed by atoms with Crippen LogP contribution in [0.25, 0.3) is 0 Å². The van der Waals surface area contributed by atoms with Crippen molar-refractivity contribution in [2.24, 2.45) is 17.3 Å². The zero-order valence-electron chi connectivity index (χ0n) is 17.0. The van der Waals surface area contributed by atoms with E-state index >= 15 is 0 Å². The summed E-state index contributed by atoms with van der Waals surface area (Å²) in [5.41, 5.74) is 0.407. The van der Waals surface area contributed by atoms with Gasteiger partial charge < -0.3 is 14.6 Å². The minimum atomic E-state index is -0.537. The highest BCUT2D eigenvalue weighted by molar-refractivity contribution is 5.89. The zero-order valence-corrected chi connectivity index (χ0v) is 17.0. The lowest BCUT2D eigenvalue weighted by Crippen LogP contribution is -2.33. The molecule has 5 nitrogen and oxygen atoms in total. The molecular weight excluding hydrogens is 368 g/mol. The summed E-state index contributed by atoms with van der Waals surface area (Å²) >= 11 is 0. The van der Waals surface area contributed by atoms with Gasteiger partial charge in [0, 0.05) is 18.3 Å². The third-order valence-electron chi connectivity index (χ3n) is 7.04. The van der Waals surface area contributed by atoms with Crippen molar-refractivity contribution in [2.45, 2.75) is 70.2 Å². The molecular formula is C24H30O5. The van der Waals surface area contributed by atoms with Crippen molar-refractivity contribution in [2.75, 3.05) is 0 Å². The van der Waals surface area contributed by atoms with Gasteiger partial charge >= 0.3 is 11.9 Å². The molecule has 5 heteroatoms. The predicted octanol–water partition coefficient (Wildman–Crippen LogP) is 4.05. The van der Waals surface area contributed by atoms with Gasteiger partial charge in [0.15, 0.2) is 0 Å². The Labute approximate surface area is 172 Å². The van der Waals surface area contributed by atoms with Gasteiger partial charge in [0.05, 0.1) is 18.1 Å². The van der Waals surface area contributed by atoms with Crippen LogP contribution in [0.4, 0.5) is 0 Å². The van der Waals surface area contributed by atoms with Crippen molar-refractivity contribution in [3.05, 3.63) is 48.0 Å². The summed E-state index contributed by atoms with van der Waals surface area (Å²) in [5, 5.41) is 10.8. The Morgan fingerprint density at radius 3 is 2.69 bits per heavy atom. The van der Waals surface area contributed by atoms with Crippen LogP contribution in [0.2, 0.25) is 0 Å². The normalized spacial score (nSPS) is 32.0. The number of hydrogen-bond donors (Lipinski definition) is 1. The maximum absolute atomic E-state index is 12.6. The van der Waals surface area contributed by atoms with E-state index in [1.165, 1.54) is 6.42 Å². The molecule has 1 aliphatic heterocycles. The van der Waals surface area contributed by atoms with Gasteiger partial charge in [-0.25, -0.2) is 4.79 Å². The van der Waals surface area contributed by atoms with Crippen LogP contribution in [0.1, 0.15) is 62.2 Å². The smallest absolute Gasteiger partial charge is 0.338 e. The number of carbonyl (C=O) groups is 2. The molecule has 2 aliphatic carbocycles. The van der Waals surface area contributed by atoms with Gasteiger partial charge in [-0.05, 0) is 30.4 Å². The van der Waals surface area contributed by atoms with E-state index in [4.69, 9.17) is 9.47 Å². The molecule has 0 aromatic heterocycles. The van der Waals surface area contributed by atoms with Gasteiger partial charge in [-0.15, -0.1) is 0 Å². The van der Waals surface area contributed by atoms with Crippen LogP contribution in [0, 0.1) is 17.3 Å². The van der Waals surface area contributed by atoms with Crippen molar-refractivity contribution >= 4 is 11.9 Å². The Hall–Kier alpha value is -2.14. The van der Waals surface area contributed by atoms with Crippen LogP contribution >= 0.6 is 0 Å². The highest BCUT2D eigenvalue weighted by Crippen LogP contribution is 2.45. The van der Waals surface area contributed by atoms with Gasteiger partial charge in [0.25, 0.3) is 0 Å². The number of ether oxygens (including phenoxy) is 2. The van der Waals surface area contributed by atoms with Crippen molar-refractivity contribution in [1.82, 2.24) is 0 Å². The number of aliphatic hydroxyl groups excluding tert-OH is 1. The molecule has 3 aliphatic rings. The number of aliphatic hydroxyl groups is 1. The van der Waals surface area contributed by atoms with E-state index in [2.05, 4.69) is 6.92 Å². The van der Waals surface area contributed by atoms with Crippen molar-refractivity contribution < 1.29 is 24.2 Å². The fourth-order valence-electron chi connectivity index (χ4n) is 5.19. The third kappa shape index (κ3) is 4.25. The Balaban J connectivity index is 1.49. The first-order valence-corrected chi connectivity index (χ1v) is 10.8. The molecule has 1 saturated heterocycles. The molecule has 4 rings (SSSR count). The molecule has 0 spiro atoms. The fraction of sp³-hybridized carbons (Fsp3) is 0.583. The number of esters is 2. The Kier molecular flexibility index (Phi) is 5.77. The molecule has 2 saturated carbocycles. The number of fused-ring (bicyclic) bond motifs is 1. The molecule has 0 bridgehead atoms. The first-order valence-electron chi connectivity index (χ1n) is 10.8. The van der Waals surface area contributed by atoms with E-state index in [1.54, 1.807) is 24.3 Å². The summed E-state index contributed by atoms with van der Waals surface area (Å²) in [6, 6.07) is 8.93. The summed E-state index contributed by atoms with van der Waals surface area (Å²) in [4.78, 5) is 24.3. The SMILES string of the molecule is CC1([C@H](O)C=C[C@H]2[C@@H]3CC(=O)O[C@@H]3C[C@@H]2OC(=O)c2ccccc2)CCCCC1. The standard InChI is InChI=1S/C24H30O5/c1-24(12-6-3-7-13-24)21(25)11-10-17-18-14-22(26)28-20(18)15-19(17)29-23(27)16-8-4-2-5-9-16/h2,4-5,8-11,17-21,25H,3,6-7,12-15H2,1H3/t17-,18-,19-,20+,21+/m0/s1. The lowest BCUT2D eigenvalue weighted by Gasteiger charge is -2.36. The van der Waals surface area contributed by atoms with Crippen LogP contribution < -0.4 is 0 Å². The fourth-order valence-corrected chi connectivity index (χ4v) is 5.19. The lowest BCUT2D eigenvalue weighted by atomic mass is 9.71. The Morgan fingerprint density at radius 1 is 1.24 bits per heavy atom. The van der Waals surface area contributed by atoms with Gasteiger partial charge in [-0.2, -0.15) is 0 Å². The van der Waals surface area contributed by atoms with Crippen LogP contribution in [0.15, 0.2) is 42.5 Å². The minimum absolute atomic E-state index is 0.00122. The average molecular weight is 398 g/mol. The summed E-state index contributed by atoms with van der Waals surface area (Å²) in [5.74, 6) is -0.675. The van der Waals surface area contributed by atoms with E-state index in [1.807, 2.05) is 18.2 Å². The second kappa shape index (κ2) is 8.31. The minimum Gasteiger partial charge on any atom is -0.462 e. The molecule has 0 radical (unpaired) electrons. The first-order chi connectivity index (χ1) is 14.0. The number of benzene rings is 1. The average Bonchev–Trinajstić information content (AvgIpc) is 3.23. The maximum atomic E-state index is 12.6. The van der Waals surface area contributed by atoms with Crippen LogP contribution in [0.5, 0.6) is 0 Å². The molecule has 1 heterocycles. The quantitative estimate of drug-likeness (QED) is 0.598. The van der Waals surface area contributed by atoms with E-state index in [9.17, 15) is 14.7 Å². The van der Waals surface area contributed by atoms with E-state index in [0.29, 0.717) is 18.4 Å². The molecule has 156 valence electrons. The van der Waals surface area contributed by atoms with Crippen molar-refractivity contribution in [1.29, 1.82) is 0 Å². The maximum Gasteiger partial charge on any atom is 0.338 e. The lowest BCUT2D eigenvalue weighted by molar-refractivity contribution is -0.141. The monoisotopic (exact) mass is 398 g/mol. The number of hydrogen-bond acceptors (Lipinski definition) is 5. The summed E-state index contributed by atoms with van der Waals surface area (Å²) < 4.78 is 11.3. The highest BCUT2D eigenvalue weighted by Gasteiger charge is 2.51. The van der Waals surface area contributed by atoms with Gasteiger partial charge in [-0.3, -0.25) is 4.79 Å². The third-order valence-corrected chi connectivity index (χ3v) is 7.04. The van der Waals surface area contributed by atoms with Crippen LogP contribution in [-0.2, 0) is 14.3 Å². The topological polar surface area (TPSA) is 72.8 Å². The van der Waals surface area contributed by atoms with Crippen molar-refractivity contribution in [3.63, 3.8) is 0 Å². The summed E-state index contributed by atoms with van der Waals surface area (Å²) in [6.45, 7) is 2.15. The van der Waals surface area contributed by atoms with Gasteiger partial charge in [-0.1, -0.05) is 56.5 Å². The predicted molar refractivity (Wildman–Crippen MR) is 108 cm³/mol. The summed E-state index contributed by atoms with van der Waals surface area (Å²) in [6.07, 6.45) is 9.15. The largest absolute Gasteiger partial charge is 0.462 e. The molecule has 0 amide bonds. The molecule has 3 fully saturated rings. The van der Waals surface area contributed by atoms with E-state index in [0.717, 1.165) is 25.7 Å². The molecule has 1 aromatic carbocycles. The van der Waals surface area contributed by atoms with E-state index in [-0.39, 0.29) is 41.4 Å². The second-order valence-corrected chi connectivity index (χ2v) is 9.06. The second-order valence-electron chi connectivity index (χ2n) is 9.06. The van der Waals surface area contributed by atoms with Crippen LogP contribution in [-0.4, -0.2) is 35.4 Å². The highest BCUT2D eigenvalue weighted by atomic mass is 16.6. The van der Waals surface area contributed by atoms with Gasteiger partial charge in [0.2, 0.25) is 0 Å². The Bertz CT molecular complexity index is 765. The number of rotatable bonds is 5. The van der Waals surface area contributed by atoms with Crippen LogP contribution in [0.3, 0.4) is 0 Å². The summed E-state index contributed by atoms with van der Waals surface area (Å²) in [7, 11) is 0. The molecule has 1 N–H and O–H groups in total. The first kappa shape index (κ1) is 20.1. The molecule has 5 atom stereocenters. The Morgan fingerprint density at radius 2 is 1.97 bits per heavy atom. The van der Waals surface area contributed by atoms with Crippen molar-refractivity contribution in [3.8, 4) is 0 Å². The van der Waals surface area contributed by atoms with Gasteiger partial charge in [0.1, 0.15) is 12.2 Å². The molecule has 1 aromatic rings. The molecule has 29 heavy (non-hydrogen) atoms. The zero-order chi connectivity index (χ0) is 20.4. The van der Waals surface area contributed by atoms with E-state index < -0.39 is 6.10 Å². The molecule has 0 unspecified atom stereocenters.